The molecule has 0 aliphatic heterocycles. The molecule has 0 saturated heterocycles. The predicted octanol–water partition coefficient (Wildman–Crippen LogP) is 3.59. The maximum atomic E-state index is 12.7. The van der Waals surface area contributed by atoms with Gasteiger partial charge in [0.15, 0.2) is 0 Å². The van der Waals surface area contributed by atoms with Crippen molar-refractivity contribution in [2.75, 3.05) is 15.9 Å². The first-order valence-corrected chi connectivity index (χ1v) is 12.3. The van der Waals surface area contributed by atoms with Gasteiger partial charge in [0.25, 0.3) is 0 Å². The van der Waals surface area contributed by atoms with Crippen molar-refractivity contribution in [3.63, 3.8) is 0 Å². The number of fused-ring (bicyclic) bond motifs is 3. The second kappa shape index (κ2) is 8.23. The van der Waals surface area contributed by atoms with E-state index in [4.69, 9.17) is 0 Å². The molecule has 0 atom stereocenters. The molecule has 4 amide bonds. The Labute approximate surface area is 183 Å². The maximum Gasteiger partial charge on any atom is 0.343 e. The van der Waals surface area contributed by atoms with Gasteiger partial charge in [0.1, 0.15) is 17.0 Å². The molecule has 0 spiro atoms. The average molecular weight is 460 g/mol. The van der Waals surface area contributed by atoms with Gasteiger partial charge in [0.05, 0.1) is 17.3 Å². The van der Waals surface area contributed by atoms with Gasteiger partial charge in [-0.3, -0.25) is 10.6 Å². The van der Waals surface area contributed by atoms with Gasteiger partial charge in [0, 0.05) is 4.88 Å². The Morgan fingerprint density at radius 1 is 1.10 bits per heavy atom. The molecule has 162 valence electrons. The van der Waals surface area contributed by atoms with E-state index in [1.54, 1.807) is 23.5 Å². The van der Waals surface area contributed by atoms with E-state index in [9.17, 15) is 18.0 Å². The van der Waals surface area contributed by atoms with Crippen LogP contribution < -0.4 is 14.9 Å². The molecule has 9 nitrogen and oxygen atoms in total. The molecule has 3 aromatic rings. The van der Waals surface area contributed by atoms with Crippen molar-refractivity contribution < 1.29 is 18.0 Å². The van der Waals surface area contributed by atoms with Gasteiger partial charge in [-0.25, -0.2) is 28.0 Å². The van der Waals surface area contributed by atoms with E-state index in [-0.39, 0.29) is 5.69 Å². The molecule has 0 fully saturated rings. The summed E-state index contributed by atoms with van der Waals surface area (Å²) in [6.07, 6.45) is 6.28. The molecular weight excluding hydrogens is 438 g/mol. The fourth-order valence-corrected chi connectivity index (χ4v) is 5.69. The fraction of sp³-hybridized carbons (Fsp3) is 0.300. The van der Waals surface area contributed by atoms with Crippen molar-refractivity contribution in [1.82, 2.24) is 15.3 Å². The van der Waals surface area contributed by atoms with Crippen LogP contribution >= 0.6 is 11.3 Å². The van der Waals surface area contributed by atoms with Gasteiger partial charge in [0.2, 0.25) is 10.0 Å². The first-order valence-electron chi connectivity index (χ1n) is 9.68. The lowest BCUT2D eigenvalue weighted by Crippen LogP contribution is -2.47. The second-order valence-electron chi connectivity index (χ2n) is 7.36. The smallest absolute Gasteiger partial charge is 0.291 e. The fourth-order valence-electron chi connectivity index (χ4n) is 3.61. The summed E-state index contributed by atoms with van der Waals surface area (Å²) in [7, 11) is -3.97. The maximum absolute atomic E-state index is 12.7. The lowest BCUT2D eigenvalue weighted by Gasteiger charge is -2.20. The molecule has 2 aromatic heterocycles. The van der Waals surface area contributed by atoms with E-state index >= 15 is 0 Å². The van der Waals surface area contributed by atoms with Crippen LogP contribution in [-0.2, 0) is 22.9 Å². The summed E-state index contributed by atoms with van der Waals surface area (Å²) >= 11 is 1.58. The van der Waals surface area contributed by atoms with E-state index in [0.29, 0.717) is 10.1 Å². The Morgan fingerprint density at radius 2 is 1.81 bits per heavy atom. The number of carbonyl (C=O) groups is 2. The summed E-state index contributed by atoms with van der Waals surface area (Å²) in [4.78, 5) is 35.7. The van der Waals surface area contributed by atoms with Crippen LogP contribution in [0.1, 0.15) is 28.8 Å². The number of aromatic nitrogens is 2. The highest BCUT2D eigenvalue weighted by atomic mass is 32.2. The van der Waals surface area contributed by atoms with Crippen molar-refractivity contribution in [3.8, 4) is 0 Å². The Morgan fingerprint density at radius 3 is 2.52 bits per heavy atom. The third-order valence-electron chi connectivity index (χ3n) is 4.99. The zero-order valence-corrected chi connectivity index (χ0v) is 18.6. The van der Waals surface area contributed by atoms with Crippen LogP contribution in [-0.4, -0.2) is 36.7 Å². The molecule has 1 aliphatic rings. The third-order valence-corrected chi connectivity index (χ3v) is 7.23. The number of benzene rings is 1. The lowest BCUT2D eigenvalue weighted by atomic mass is 9.97. The summed E-state index contributed by atoms with van der Waals surface area (Å²) < 4.78 is 25.0. The minimum Gasteiger partial charge on any atom is -0.291 e. The molecular formula is C20H21N5O4S2. The van der Waals surface area contributed by atoms with Crippen LogP contribution in [0.25, 0.3) is 10.2 Å². The largest absolute Gasteiger partial charge is 0.343 e. The number of carbonyl (C=O) groups excluding carboxylic acids is 2. The van der Waals surface area contributed by atoms with Crippen molar-refractivity contribution in [2.24, 2.45) is 0 Å². The second-order valence-corrected chi connectivity index (χ2v) is 10.3. The van der Waals surface area contributed by atoms with E-state index in [1.165, 1.54) is 23.3 Å². The molecule has 31 heavy (non-hydrogen) atoms. The van der Waals surface area contributed by atoms with E-state index < -0.39 is 22.1 Å². The van der Waals surface area contributed by atoms with Crippen LogP contribution in [0.5, 0.6) is 0 Å². The number of sulfonamides is 1. The Bertz CT molecular complexity index is 1270. The summed E-state index contributed by atoms with van der Waals surface area (Å²) in [6.45, 7) is 1.84. The van der Waals surface area contributed by atoms with Gasteiger partial charge in [-0.05, 0) is 50.3 Å². The monoisotopic (exact) mass is 459 g/mol. The number of urea groups is 2. The normalized spacial score (nSPS) is 13.5. The summed E-state index contributed by atoms with van der Waals surface area (Å²) in [5, 5.41) is 5.45. The van der Waals surface area contributed by atoms with Crippen molar-refractivity contribution in [1.29, 1.82) is 0 Å². The molecule has 1 aliphatic carbocycles. The first-order chi connectivity index (χ1) is 14.7. The first kappa shape index (κ1) is 21.2. The van der Waals surface area contributed by atoms with Gasteiger partial charge in [-0.1, -0.05) is 17.7 Å². The number of hydrogen-bond donors (Lipinski definition) is 2. The molecule has 2 heterocycles. The van der Waals surface area contributed by atoms with E-state index in [2.05, 4.69) is 20.6 Å². The highest BCUT2D eigenvalue weighted by Gasteiger charge is 2.27. The summed E-state index contributed by atoms with van der Waals surface area (Å²) in [5.74, 6) is 0.302. The number of imide groups is 1. The van der Waals surface area contributed by atoms with Gasteiger partial charge >= 0.3 is 12.1 Å². The summed E-state index contributed by atoms with van der Waals surface area (Å²) in [5.41, 5.74) is 2.17. The number of aryl methyl sites for hydroxylation is 3. The molecule has 0 unspecified atom stereocenters. The number of rotatable bonds is 3. The Hall–Kier alpha value is -3.05. The minimum atomic E-state index is -3.97. The molecule has 0 bridgehead atoms. The molecule has 11 heteroatoms. The SMILES string of the molecule is Cc1ccc(N(C(=O)NC(=O)Nc2ncnc3sc4c(c23)CCCC4)S(C)(=O)=O)cc1. The number of anilines is 2. The lowest BCUT2D eigenvalue weighted by molar-refractivity contribution is 0.238. The molecule has 1 aromatic carbocycles. The highest BCUT2D eigenvalue weighted by molar-refractivity contribution is 7.92. The minimum absolute atomic E-state index is 0.134. The number of nitrogens with zero attached hydrogens (tertiary/aromatic N) is 3. The average Bonchev–Trinajstić information content (AvgIpc) is 3.08. The number of thiophene rings is 1. The Kier molecular flexibility index (Phi) is 5.63. The van der Waals surface area contributed by atoms with Gasteiger partial charge < -0.3 is 0 Å². The standard InChI is InChI=1S/C20H21N5O4S2/c1-12-7-9-13(10-8-12)25(31(2,28)29)20(27)24-19(26)23-17-16-14-5-3-4-6-15(14)30-18(16)22-11-21-17/h7-11H,3-6H2,1-2H3,(H2,21,22,23,24,26,27). The predicted molar refractivity (Wildman–Crippen MR) is 120 cm³/mol. The van der Waals surface area contributed by atoms with Crippen molar-refractivity contribution in [3.05, 3.63) is 46.6 Å². The molecule has 0 radical (unpaired) electrons. The molecule has 0 saturated carbocycles. The quantitative estimate of drug-likeness (QED) is 0.617. The van der Waals surface area contributed by atoms with E-state index in [1.807, 2.05) is 6.92 Å². The third kappa shape index (κ3) is 4.37. The topological polar surface area (TPSA) is 121 Å². The summed E-state index contributed by atoms with van der Waals surface area (Å²) in [6, 6.07) is 4.40. The van der Waals surface area contributed by atoms with Crippen molar-refractivity contribution in [2.45, 2.75) is 32.6 Å². The molecule has 2 N–H and O–H groups in total. The van der Waals surface area contributed by atoms with Crippen molar-refractivity contribution >= 4 is 55.1 Å². The van der Waals surface area contributed by atoms with Crippen LogP contribution in [0.15, 0.2) is 30.6 Å². The van der Waals surface area contributed by atoms with E-state index in [0.717, 1.165) is 53.3 Å². The van der Waals surface area contributed by atoms with Crippen LogP contribution in [0.2, 0.25) is 0 Å². The highest BCUT2D eigenvalue weighted by Crippen LogP contribution is 2.38. The number of amides is 4. The van der Waals surface area contributed by atoms with Gasteiger partial charge in [-0.2, -0.15) is 4.31 Å². The zero-order chi connectivity index (χ0) is 22.2. The van der Waals surface area contributed by atoms with Crippen LogP contribution in [0, 0.1) is 6.92 Å². The van der Waals surface area contributed by atoms with Crippen LogP contribution in [0.4, 0.5) is 21.1 Å². The molecule has 4 rings (SSSR count). The number of nitrogens with one attached hydrogen (secondary N) is 2. The zero-order valence-electron chi connectivity index (χ0n) is 17.0. The van der Waals surface area contributed by atoms with Crippen LogP contribution in [0.3, 0.4) is 0 Å². The van der Waals surface area contributed by atoms with Gasteiger partial charge in [-0.15, -0.1) is 11.3 Å². The number of hydrogen-bond acceptors (Lipinski definition) is 7. The Balaban J connectivity index is 1.57.